The fourth-order valence-electron chi connectivity index (χ4n) is 3.78. The topological polar surface area (TPSA) is 84.7 Å². The van der Waals surface area contributed by atoms with Crippen molar-refractivity contribution in [1.82, 2.24) is 19.7 Å². The molecule has 7 nitrogen and oxygen atoms in total. The van der Waals surface area contributed by atoms with Crippen molar-refractivity contribution in [2.24, 2.45) is 5.92 Å². The Labute approximate surface area is 170 Å². The Morgan fingerprint density at radius 3 is 2.62 bits per heavy atom. The Bertz CT molecular complexity index is 946. The zero-order valence-corrected chi connectivity index (χ0v) is 16.6. The Morgan fingerprint density at radius 2 is 1.90 bits per heavy atom. The molecule has 2 aromatic heterocycles. The van der Waals surface area contributed by atoms with E-state index >= 15 is 0 Å². The van der Waals surface area contributed by atoms with E-state index in [4.69, 9.17) is 0 Å². The van der Waals surface area contributed by atoms with Crippen molar-refractivity contribution in [3.05, 3.63) is 54.6 Å². The van der Waals surface area contributed by atoms with Gasteiger partial charge in [0.25, 0.3) is 0 Å². The summed E-state index contributed by atoms with van der Waals surface area (Å²) < 4.78 is 1.70. The summed E-state index contributed by atoms with van der Waals surface area (Å²) >= 11 is 0. The van der Waals surface area contributed by atoms with E-state index < -0.39 is 0 Å². The molecule has 2 heterocycles. The number of amides is 1. The van der Waals surface area contributed by atoms with Gasteiger partial charge in [-0.25, -0.2) is 14.6 Å². The number of aromatic nitrogens is 4. The average molecular weight is 390 g/mol. The van der Waals surface area contributed by atoms with Crippen LogP contribution in [0.25, 0.3) is 5.82 Å². The van der Waals surface area contributed by atoms with Crippen LogP contribution in [0.3, 0.4) is 0 Å². The molecule has 1 saturated carbocycles. The number of hydrogen-bond acceptors (Lipinski definition) is 5. The lowest BCUT2D eigenvalue weighted by Crippen LogP contribution is -2.12. The van der Waals surface area contributed by atoms with Gasteiger partial charge in [0.15, 0.2) is 5.82 Å². The number of anilines is 3. The van der Waals surface area contributed by atoms with E-state index in [1.54, 1.807) is 10.9 Å². The fraction of sp³-hybridized carbons (Fsp3) is 0.364. The van der Waals surface area contributed by atoms with E-state index in [-0.39, 0.29) is 5.91 Å². The highest BCUT2D eigenvalue weighted by atomic mass is 16.1. The molecule has 29 heavy (non-hydrogen) atoms. The third-order valence-electron chi connectivity index (χ3n) is 5.26. The van der Waals surface area contributed by atoms with Gasteiger partial charge < -0.3 is 10.6 Å². The molecule has 0 radical (unpaired) electrons. The van der Waals surface area contributed by atoms with Crippen LogP contribution >= 0.6 is 0 Å². The lowest BCUT2D eigenvalue weighted by Gasteiger charge is -2.11. The molecule has 1 aromatic carbocycles. The second-order valence-corrected chi connectivity index (χ2v) is 7.55. The van der Waals surface area contributed by atoms with Crippen LogP contribution in [0.1, 0.15) is 44.3 Å². The molecule has 4 rings (SSSR count). The number of carbonyl (C=O) groups is 1. The van der Waals surface area contributed by atoms with Crippen molar-refractivity contribution in [1.29, 1.82) is 0 Å². The molecule has 0 saturated heterocycles. The van der Waals surface area contributed by atoms with Gasteiger partial charge >= 0.3 is 0 Å². The molecule has 2 N–H and O–H groups in total. The first-order valence-electron chi connectivity index (χ1n) is 10.2. The van der Waals surface area contributed by atoms with E-state index in [1.807, 2.05) is 49.5 Å². The Kier molecular flexibility index (Phi) is 5.84. The maximum Gasteiger partial charge on any atom is 0.224 e. The number of rotatable bonds is 7. The summed E-state index contributed by atoms with van der Waals surface area (Å²) in [4.78, 5) is 21.0. The van der Waals surface area contributed by atoms with Gasteiger partial charge in [-0.2, -0.15) is 5.10 Å². The van der Waals surface area contributed by atoms with E-state index in [0.717, 1.165) is 23.7 Å². The highest BCUT2D eigenvalue weighted by Crippen LogP contribution is 2.28. The summed E-state index contributed by atoms with van der Waals surface area (Å²) in [6.45, 7) is 1.85. The number of carbonyl (C=O) groups excluding carboxylic acids is 1. The highest BCUT2D eigenvalue weighted by Gasteiger charge is 2.16. The van der Waals surface area contributed by atoms with Gasteiger partial charge in [0.1, 0.15) is 11.6 Å². The summed E-state index contributed by atoms with van der Waals surface area (Å²) in [7, 11) is 0. The summed E-state index contributed by atoms with van der Waals surface area (Å²) in [6.07, 6.45) is 10.3. The molecule has 0 unspecified atom stereocenters. The largest absolute Gasteiger partial charge is 0.340 e. The van der Waals surface area contributed by atoms with Crippen molar-refractivity contribution in [3.8, 4) is 5.82 Å². The SMILES string of the molecule is Cc1nc(Nc2ccc(NC(=O)CCC3CCCC3)cc2)cc(-n2cccn2)n1. The van der Waals surface area contributed by atoms with Crippen molar-refractivity contribution in [2.45, 2.75) is 45.4 Å². The molecule has 0 bridgehead atoms. The number of nitrogens with one attached hydrogen (secondary N) is 2. The third kappa shape index (κ3) is 5.19. The standard InChI is InChI=1S/C22H26N6O/c1-16-24-20(15-21(25-16)28-14-4-13-23-28)26-18-8-10-19(11-9-18)27-22(29)12-7-17-5-2-3-6-17/h4,8-11,13-15,17H,2-3,5-7,12H2,1H3,(H,27,29)(H,24,25,26). The van der Waals surface area contributed by atoms with Gasteiger partial charge in [0.2, 0.25) is 5.91 Å². The molecule has 1 aliphatic carbocycles. The quantitative estimate of drug-likeness (QED) is 0.615. The molecule has 1 amide bonds. The van der Waals surface area contributed by atoms with Crippen LogP contribution < -0.4 is 10.6 Å². The molecule has 1 aliphatic rings. The summed E-state index contributed by atoms with van der Waals surface area (Å²) in [6, 6.07) is 11.4. The Hall–Kier alpha value is -3.22. The van der Waals surface area contributed by atoms with Crippen LogP contribution in [0.2, 0.25) is 0 Å². The van der Waals surface area contributed by atoms with Gasteiger partial charge in [-0.1, -0.05) is 25.7 Å². The predicted molar refractivity (Wildman–Crippen MR) is 113 cm³/mol. The van der Waals surface area contributed by atoms with Crippen LogP contribution in [0.5, 0.6) is 0 Å². The summed E-state index contributed by atoms with van der Waals surface area (Å²) in [5, 5.41) is 10.5. The lowest BCUT2D eigenvalue weighted by molar-refractivity contribution is -0.116. The number of nitrogens with zero attached hydrogens (tertiary/aromatic N) is 4. The molecule has 3 aromatic rings. The Morgan fingerprint density at radius 1 is 1.14 bits per heavy atom. The van der Waals surface area contributed by atoms with E-state index in [0.29, 0.717) is 23.9 Å². The van der Waals surface area contributed by atoms with Gasteiger partial charge in [-0.15, -0.1) is 0 Å². The van der Waals surface area contributed by atoms with Crippen LogP contribution in [-0.2, 0) is 4.79 Å². The van der Waals surface area contributed by atoms with E-state index in [1.165, 1.54) is 25.7 Å². The molecular formula is C22H26N6O. The molecule has 150 valence electrons. The van der Waals surface area contributed by atoms with Gasteiger partial charge in [0, 0.05) is 36.3 Å². The summed E-state index contributed by atoms with van der Waals surface area (Å²) in [5.41, 5.74) is 1.70. The first-order chi connectivity index (χ1) is 14.2. The smallest absolute Gasteiger partial charge is 0.224 e. The maximum absolute atomic E-state index is 12.2. The van der Waals surface area contributed by atoms with Crippen LogP contribution in [0, 0.1) is 12.8 Å². The molecule has 0 aliphatic heterocycles. The van der Waals surface area contributed by atoms with Gasteiger partial charge in [-0.05, 0) is 49.6 Å². The zero-order chi connectivity index (χ0) is 20.1. The minimum absolute atomic E-state index is 0.0906. The van der Waals surface area contributed by atoms with Crippen molar-refractivity contribution >= 4 is 23.1 Å². The van der Waals surface area contributed by atoms with Crippen molar-refractivity contribution in [2.75, 3.05) is 10.6 Å². The first kappa shape index (κ1) is 19.1. The van der Waals surface area contributed by atoms with Crippen LogP contribution in [-0.4, -0.2) is 25.7 Å². The minimum Gasteiger partial charge on any atom is -0.340 e. The second-order valence-electron chi connectivity index (χ2n) is 7.55. The average Bonchev–Trinajstić information content (AvgIpc) is 3.42. The van der Waals surface area contributed by atoms with Gasteiger partial charge in [-0.3, -0.25) is 4.79 Å². The fourth-order valence-corrected chi connectivity index (χ4v) is 3.78. The van der Waals surface area contributed by atoms with Crippen molar-refractivity contribution < 1.29 is 4.79 Å². The number of aryl methyl sites for hydroxylation is 1. The van der Waals surface area contributed by atoms with Crippen LogP contribution in [0.15, 0.2) is 48.8 Å². The highest BCUT2D eigenvalue weighted by molar-refractivity contribution is 5.90. The minimum atomic E-state index is 0.0906. The normalized spacial score (nSPS) is 14.1. The predicted octanol–water partition coefficient (Wildman–Crippen LogP) is 4.62. The third-order valence-corrected chi connectivity index (χ3v) is 5.26. The first-order valence-corrected chi connectivity index (χ1v) is 10.2. The molecular weight excluding hydrogens is 364 g/mol. The van der Waals surface area contributed by atoms with Crippen molar-refractivity contribution in [3.63, 3.8) is 0 Å². The number of benzene rings is 1. The lowest BCUT2D eigenvalue weighted by atomic mass is 10.0. The summed E-state index contributed by atoms with van der Waals surface area (Å²) in [5.74, 6) is 2.88. The second kappa shape index (κ2) is 8.86. The molecule has 7 heteroatoms. The Balaban J connectivity index is 1.35. The van der Waals surface area contributed by atoms with E-state index in [9.17, 15) is 4.79 Å². The molecule has 0 atom stereocenters. The number of hydrogen-bond donors (Lipinski definition) is 2. The van der Waals surface area contributed by atoms with Gasteiger partial charge in [0.05, 0.1) is 0 Å². The monoisotopic (exact) mass is 390 g/mol. The van der Waals surface area contributed by atoms with E-state index in [2.05, 4.69) is 25.7 Å². The molecule has 1 fully saturated rings. The molecule has 0 spiro atoms. The zero-order valence-electron chi connectivity index (χ0n) is 16.6. The van der Waals surface area contributed by atoms with Crippen LogP contribution in [0.4, 0.5) is 17.2 Å². The maximum atomic E-state index is 12.2.